The molecule has 96 valence electrons. The molecule has 0 aromatic carbocycles. The van der Waals surface area contributed by atoms with Gasteiger partial charge in [-0.2, -0.15) is 13.2 Å². The molecule has 0 bridgehead atoms. The van der Waals surface area contributed by atoms with E-state index in [0.717, 1.165) is 4.90 Å². The van der Waals surface area contributed by atoms with Crippen LogP contribution in [0.5, 0.6) is 0 Å². The Morgan fingerprint density at radius 2 is 2.06 bits per heavy atom. The van der Waals surface area contributed by atoms with Gasteiger partial charge in [-0.15, -0.1) is 0 Å². The highest BCUT2D eigenvalue weighted by Gasteiger charge is 2.32. The SMILES string of the molecule is CCOCCCN(CC(F)(F)F)C(=O)CBr. The van der Waals surface area contributed by atoms with Gasteiger partial charge in [-0.05, 0) is 13.3 Å². The lowest BCUT2D eigenvalue weighted by Gasteiger charge is -2.23. The van der Waals surface area contributed by atoms with Gasteiger partial charge in [0.2, 0.25) is 5.91 Å². The summed E-state index contributed by atoms with van der Waals surface area (Å²) in [6.07, 6.45) is -3.95. The smallest absolute Gasteiger partial charge is 0.382 e. The van der Waals surface area contributed by atoms with Gasteiger partial charge < -0.3 is 9.64 Å². The van der Waals surface area contributed by atoms with Gasteiger partial charge in [0.25, 0.3) is 0 Å². The second-order valence-corrected chi connectivity index (χ2v) is 3.68. The van der Waals surface area contributed by atoms with Crippen LogP contribution in [0.25, 0.3) is 0 Å². The second-order valence-electron chi connectivity index (χ2n) is 3.11. The molecule has 7 heteroatoms. The Balaban J connectivity index is 4.06. The van der Waals surface area contributed by atoms with E-state index in [2.05, 4.69) is 15.9 Å². The first-order valence-corrected chi connectivity index (χ1v) is 6.01. The minimum Gasteiger partial charge on any atom is -0.382 e. The number of alkyl halides is 4. The fourth-order valence-electron chi connectivity index (χ4n) is 1.09. The molecule has 0 atom stereocenters. The topological polar surface area (TPSA) is 29.5 Å². The summed E-state index contributed by atoms with van der Waals surface area (Å²) in [5.41, 5.74) is 0. The molecule has 0 N–H and O–H groups in total. The lowest BCUT2D eigenvalue weighted by Crippen LogP contribution is -2.40. The third-order valence-corrected chi connectivity index (χ3v) is 2.24. The van der Waals surface area contributed by atoms with Crippen molar-refractivity contribution in [3.8, 4) is 0 Å². The molecular weight excluding hydrogens is 291 g/mol. The van der Waals surface area contributed by atoms with E-state index in [9.17, 15) is 18.0 Å². The summed E-state index contributed by atoms with van der Waals surface area (Å²) in [5, 5.41) is -0.0995. The monoisotopic (exact) mass is 305 g/mol. The molecule has 0 aliphatic rings. The highest BCUT2D eigenvalue weighted by atomic mass is 79.9. The third-order valence-electron chi connectivity index (χ3n) is 1.76. The van der Waals surface area contributed by atoms with Crippen molar-refractivity contribution in [1.82, 2.24) is 4.90 Å². The van der Waals surface area contributed by atoms with Crippen molar-refractivity contribution < 1.29 is 22.7 Å². The first kappa shape index (κ1) is 15.7. The highest BCUT2D eigenvalue weighted by Crippen LogP contribution is 2.17. The molecular formula is C9H15BrF3NO2. The molecule has 0 saturated carbocycles. The number of carbonyl (C=O) groups excluding carboxylic acids is 1. The van der Waals surface area contributed by atoms with E-state index in [1.165, 1.54) is 0 Å². The van der Waals surface area contributed by atoms with Crippen LogP contribution in [0.15, 0.2) is 0 Å². The molecule has 0 saturated heterocycles. The zero-order valence-corrected chi connectivity index (χ0v) is 10.6. The summed E-state index contributed by atoms with van der Waals surface area (Å²) < 4.78 is 41.4. The van der Waals surface area contributed by atoms with E-state index < -0.39 is 18.6 Å². The fourth-order valence-corrected chi connectivity index (χ4v) is 1.45. The number of hydrogen-bond donors (Lipinski definition) is 0. The molecule has 0 heterocycles. The average molecular weight is 306 g/mol. The van der Waals surface area contributed by atoms with Gasteiger partial charge in [0.15, 0.2) is 0 Å². The molecule has 0 spiro atoms. The largest absolute Gasteiger partial charge is 0.406 e. The van der Waals surface area contributed by atoms with Crippen LogP contribution in [0.4, 0.5) is 13.2 Å². The minimum atomic E-state index is -4.36. The summed E-state index contributed by atoms with van der Waals surface area (Å²) >= 11 is 2.86. The molecule has 0 fully saturated rings. The lowest BCUT2D eigenvalue weighted by atomic mass is 10.3. The van der Waals surface area contributed by atoms with Crippen molar-refractivity contribution in [2.24, 2.45) is 0 Å². The van der Waals surface area contributed by atoms with Crippen LogP contribution in [0.1, 0.15) is 13.3 Å². The van der Waals surface area contributed by atoms with Gasteiger partial charge in [0.1, 0.15) is 6.54 Å². The van der Waals surface area contributed by atoms with E-state index in [4.69, 9.17) is 4.74 Å². The maximum atomic E-state index is 12.1. The van der Waals surface area contributed by atoms with Crippen LogP contribution in [0.3, 0.4) is 0 Å². The predicted octanol–water partition coefficient (Wildman–Crippen LogP) is 2.20. The quantitative estimate of drug-likeness (QED) is 0.533. The lowest BCUT2D eigenvalue weighted by molar-refractivity contribution is -0.159. The number of ether oxygens (including phenoxy) is 1. The van der Waals surface area contributed by atoms with Crippen molar-refractivity contribution in [2.45, 2.75) is 19.5 Å². The molecule has 0 unspecified atom stereocenters. The highest BCUT2D eigenvalue weighted by molar-refractivity contribution is 9.09. The van der Waals surface area contributed by atoms with Gasteiger partial charge in [0.05, 0.1) is 5.33 Å². The molecule has 3 nitrogen and oxygen atoms in total. The van der Waals surface area contributed by atoms with Crippen molar-refractivity contribution in [3.05, 3.63) is 0 Å². The average Bonchev–Trinajstić information content (AvgIpc) is 2.19. The molecule has 0 aromatic heterocycles. The number of hydrogen-bond acceptors (Lipinski definition) is 2. The van der Waals surface area contributed by atoms with E-state index in [0.29, 0.717) is 19.6 Å². The summed E-state index contributed by atoms with van der Waals surface area (Å²) in [4.78, 5) is 12.0. The Morgan fingerprint density at radius 3 is 2.50 bits per heavy atom. The van der Waals surface area contributed by atoms with E-state index in [1.807, 2.05) is 0 Å². The van der Waals surface area contributed by atoms with Gasteiger partial charge >= 0.3 is 6.18 Å². The molecule has 0 radical (unpaired) electrons. The maximum Gasteiger partial charge on any atom is 0.406 e. The van der Waals surface area contributed by atoms with Gasteiger partial charge in [-0.3, -0.25) is 4.79 Å². The van der Waals surface area contributed by atoms with Crippen LogP contribution in [-0.2, 0) is 9.53 Å². The molecule has 1 amide bonds. The Hall–Kier alpha value is -0.300. The number of nitrogens with zero attached hydrogens (tertiary/aromatic N) is 1. The first-order valence-electron chi connectivity index (χ1n) is 4.89. The van der Waals surface area contributed by atoms with Crippen LogP contribution in [0.2, 0.25) is 0 Å². The van der Waals surface area contributed by atoms with Gasteiger partial charge in [-0.1, -0.05) is 15.9 Å². The number of carbonyl (C=O) groups is 1. The van der Waals surface area contributed by atoms with Gasteiger partial charge in [0, 0.05) is 19.8 Å². The molecule has 0 aliphatic heterocycles. The summed E-state index contributed by atoms with van der Waals surface area (Å²) in [7, 11) is 0. The molecule has 0 rings (SSSR count). The predicted molar refractivity (Wildman–Crippen MR) is 57.5 cm³/mol. The number of amides is 1. The zero-order chi connectivity index (χ0) is 12.6. The normalized spacial score (nSPS) is 11.6. The Labute approximate surface area is 101 Å². The van der Waals surface area contributed by atoms with Gasteiger partial charge in [-0.25, -0.2) is 0 Å². The van der Waals surface area contributed by atoms with E-state index in [1.54, 1.807) is 6.92 Å². The Kier molecular flexibility index (Phi) is 7.74. The Morgan fingerprint density at radius 1 is 1.44 bits per heavy atom. The van der Waals surface area contributed by atoms with Crippen molar-refractivity contribution >= 4 is 21.8 Å². The van der Waals surface area contributed by atoms with Crippen LogP contribution >= 0.6 is 15.9 Å². The number of halogens is 4. The molecule has 16 heavy (non-hydrogen) atoms. The van der Waals surface area contributed by atoms with Crippen LogP contribution < -0.4 is 0 Å². The third kappa shape index (κ3) is 7.92. The molecule has 0 aliphatic carbocycles. The molecule has 0 aromatic rings. The van der Waals surface area contributed by atoms with E-state index in [-0.39, 0.29) is 11.9 Å². The Bertz CT molecular complexity index is 211. The first-order chi connectivity index (χ1) is 7.40. The van der Waals surface area contributed by atoms with Crippen molar-refractivity contribution in [2.75, 3.05) is 31.6 Å². The van der Waals surface area contributed by atoms with Crippen LogP contribution in [-0.4, -0.2) is 48.6 Å². The minimum absolute atomic E-state index is 0.0595. The number of rotatable bonds is 7. The summed E-state index contributed by atoms with van der Waals surface area (Å²) in [5.74, 6) is -0.561. The standard InChI is InChI=1S/C9H15BrF3NO2/c1-2-16-5-3-4-14(8(15)6-10)7-9(11,12)13/h2-7H2,1H3. The van der Waals surface area contributed by atoms with E-state index >= 15 is 0 Å². The summed E-state index contributed by atoms with van der Waals surface area (Å²) in [6, 6.07) is 0. The van der Waals surface area contributed by atoms with Crippen LogP contribution in [0, 0.1) is 0 Å². The van der Waals surface area contributed by atoms with Crippen molar-refractivity contribution in [3.63, 3.8) is 0 Å². The summed E-state index contributed by atoms with van der Waals surface area (Å²) in [6.45, 7) is 1.54. The zero-order valence-electron chi connectivity index (χ0n) is 9.02. The fraction of sp³-hybridized carbons (Fsp3) is 0.889. The van der Waals surface area contributed by atoms with Crippen molar-refractivity contribution in [1.29, 1.82) is 0 Å². The second kappa shape index (κ2) is 7.89. The maximum absolute atomic E-state index is 12.1.